The van der Waals surface area contributed by atoms with Crippen LogP contribution in [0.1, 0.15) is 30.6 Å². The Labute approximate surface area is 97.0 Å². The quantitative estimate of drug-likeness (QED) is 0.855. The van der Waals surface area contributed by atoms with E-state index in [0.29, 0.717) is 5.56 Å². The van der Waals surface area contributed by atoms with Crippen molar-refractivity contribution in [3.05, 3.63) is 35.4 Å². The van der Waals surface area contributed by atoms with Gasteiger partial charge in [0.2, 0.25) is 0 Å². The fourth-order valence-corrected chi connectivity index (χ4v) is 2.39. The van der Waals surface area contributed by atoms with Crippen molar-refractivity contribution in [2.24, 2.45) is 0 Å². The SMILES string of the molecule is CCCc1cccc(C(O)CS(C)(=O)=O)c1. The first kappa shape index (κ1) is 13.2. The molecule has 90 valence electrons. The summed E-state index contributed by atoms with van der Waals surface area (Å²) >= 11 is 0. The summed E-state index contributed by atoms with van der Waals surface area (Å²) in [5.41, 5.74) is 1.81. The third kappa shape index (κ3) is 4.33. The molecule has 16 heavy (non-hydrogen) atoms. The van der Waals surface area contributed by atoms with Crippen LogP contribution in [-0.4, -0.2) is 25.5 Å². The van der Waals surface area contributed by atoms with Crippen LogP contribution in [-0.2, 0) is 16.3 Å². The number of aliphatic hydroxyl groups excluding tert-OH is 1. The van der Waals surface area contributed by atoms with Gasteiger partial charge in [0.1, 0.15) is 9.84 Å². The lowest BCUT2D eigenvalue weighted by molar-refractivity contribution is 0.202. The molecule has 1 rings (SSSR count). The minimum Gasteiger partial charge on any atom is -0.387 e. The van der Waals surface area contributed by atoms with Crippen LogP contribution in [0, 0.1) is 0 Å². The van der Waals surface area contributed by atoms with Crippen LogP contribution in [0.5, 0.6) is 0 Å². The Bertz CT molecular complexity index is 437. The number of aliphatic hydroxyl groups is 1. The zero-order valence-electron chi connectivity index (χ0n) is 9.68. The van der Waals surface area contributed by atoms with Gasteiger partial charge >= 0.3 is 0 Å². The monoisotopic (exact) mass is 242 g/mol. The van der Waals surface area contributed by atoms with Gasteiger partial charge in [-0.1, -0.05) is 37.6 Å². The lowest BCUT2D eigenvalue weighted by atomic mass is 10.0. The molecular weight excluding hydrogens is 224 g/mol. The Kier molecular flexibility index (Phi) is 4.50. The summed E-state index contributed by atoms with van der Waals surface area (Å²) in [6.07, 6.45) is 2.18. The van der Waals surface area contributed by atoms with Gasteiger partial charge in [-0.15, -0.1) is 0 Å². The maximum Gasteiger partial charge on any atom is 0.150 e. The predicted octanol–water partition coefficient (Wildman–Crippen LogP) is 1.72. The van der Waals surface area contributed by atoms with Crippen molar-refractivity contribution in [2.75, 3.05) is 12.0 Å². The lowest BCUT2D eigenvalue weighted by Gasteiger charge is -2.11. The third-order valence-corrected chi connectivity index (χ3v) is 3.26. The van der Waals surface area contributed by atoms with Gasteiger partial charge in [0.05, 0.1) is 11.9 Å². The number of aryl methyl sites for hydroxylation is 1. The van der Waals surface area contributed by atoms with E-state index in [1.54, 1.807) is 6.07 Å². The Morgan fingerprint density at radius 1 is 1.38 bits per heavy atom. The Balaban J connectivity index is 2.83. The van der Waals surface area contributed by atoms with E-state index in [1.165, 1.54) is 0 Å². The van der Waals surface area contributed by atoms with Crippen LogP contribution in [0.15, 0.2) is 24.3 Å². The van der Waals surface area contributed by atoms with E-state index in [9.17, 15) is 13.5 Å². The molecule has 1 unspecified atom stereocenters. The molecule has 1 atom stereocenters. The maximum atomic E-state index is 11.1. The molecule has 0 aromatic heterocycles. The second kappa shape index (κ2) is 5.46. The Hall–Kier alpha value is -0.870. The summed E-state index contributed by atoms with van der Waals surface area (Å²) in [5, 5.41) is 9.77. The second-order valence-electron chi connectivity index (χ2n) is 4.10. The molecule has 0 saturated carbocycles. The zero-order valence-corrected chi connectivity index (χ0v) is 10.5. The summed E-state index contributed by atoms with van der Waals surface area (Å²) in [7, 11) is -3.15. The lowest BCUT2D eigenvalue weighted by Crippen LogP contribution is -2.12. The van der Waals surface area contributed by atoms with E-state index >= 15 is 0 Å². The van der Waals surface area contributed by atoms with Gasteiger partial charge in [-0.2, -0.15) is 0 Å². The van der Waals surface area contributed by atoms with Gasteiger partial charge in [0.15, 0.2) is 0 Å². The molecule has 0 aliphatic heterocycles. The molecule has 1 aromatic carbocycles. The van der Waals surface area contributed by atoms with E-state index in [0.717, 1.165) is 24.7 Å². The van der Waals surface area contributed by atoms with Crippen molar-refractivity contribution >= 4 is 9.84 Å². The highest BCUT2D eigenvalue weighted by Crippen LogP contribution is 2.17. The summed E-state index contributed by atoms with van der Waals surface area (Å²) in [6.45, 7) is 2.08. The topological polar surface area (TPSA) is 54.4 Å². The van der Waals surface area contributed by atoms with Crippen LogP contribution >= 0.6 is 0 Å². The highest BCUT2D eigenvalue weighted by molar-refractivity contribution is 7.90. The fraction of sp³-hybridized carbons (Fsp3) is 0.500. The first-order valence-corrected chi connectivity index (χ1v) is 7.43. The van der Waals surface area contributed by atoms with Gasteiger partial charge in [0.25, 0.3) is 0 Å². The Morgan fingerprint density at radius 3 is 2.62 bits per heavy atom. The van der Waals surface area contributed by atoms with E-state index in [1.807, 2.05) is 18.2 Å². The molecular formula is C12H18O3S. The molecule has 0 fully saturated rings. The number of rotatable bonds is 5. The minimum atomic E-state index is -3.15. The summed E-state index contributed by atoms with van der Waals surface area (Å²) in [4.78, 5) is 0. The fourth-order valence-electron chi connectivity index (χ4n) is 1.63. The van der Waals surface area contributed by atoms with Crippen LogP contribution in [0.3, 0.4) is 0 Å². The molecule has 4 heteroatoms. The average Bonchev–Trinajstić information content (AvgIpc) is 2.16. The van der Waals surface area contributed by atoms with E-state index in [-0.39, 0.29) is 5.75 Å². The molecule has 0 saturated heterocycles. The van der Waals surface area contributed by atoms with Crippen molar-refractivity contribution in [2.45, 2.75) is 25.9 Å². The molecule has 0 spiro atoms. The second-order valence-corrected chi connectivity index (χ2v) is 6.29. The van der Waals surface area contributed by atoms with Crippen LogP contribution in [0.4, 0.5) is 0 Å². The van der Waals surface area contributed by atoms with Gasteiger partial charge in [-0.25, -0.2) is 8.42 Å². The molecule has 1 N–H and O–H groups in total. The zero-order chi connectivity index (χ0) is 12.2. The normalized spacial score (nSPS) is 13.7. The summed E-state index contributed by atoms with van der Waals surface area (Å²) < 4.78 is 22.1. The van der Waals surface area contributed by atoms with Crippen LogP contribution in [0.25, 0.3) is 0 Å². The maximum absolute atomic E-state index is 11.1. The van der Waals surface area contributed by atoms with Gasteiger partial charge < -0.3 is 5.11 Å². The number of sulfone groups is 1. The number of hydrogen-bond donors (Lipinski definition) is 1. The first-order chi connectivity index (χ1) is 7.42. The van der Waals surface area contributed by atoms with E-state index in [4.69, 9.17) is 0 Å². The molecule has 1 aromatic rings. The van der Waals surface area contributed by atoms with Crippen molar-refractivity contribution < 1.29 is 13.5 Å². The van der Waals surface area contributed by atoms with E-state index in [2.05, 4.69) is 6.92 Å². The predicted molar refractivity (Wildman–Crippen MR) is 65.1 cm³/mol. The van der Waals surface area contributed by atoms with Crippen molar-refractivity contribution in [1.29, 1.82) is 0 Å². The highest BCUT2D eigenvalue weighted by atomic mass is 32.2. The van der Waals surface area contributed by atoms with Crippen LogP contribution in [0.2, 0.25) is 0 Å². The van der Waals surface area contributed by atoms with Gasteiger partial charge in [0, 0.05) is 6.26 Å². The minimum absolute atomic E-state index is 0.220. The highest BCUT2D eigenvalue weighted by Gasteiger charge is 2.14. The van der Waals surface area contributed by atoms with Crippen molar-refractivity contribution in [3.8, 4) is 0 Å². The number of hydrogen-bond acceptors (Lipinski definition) is 3. The molecule has 0 heterocycles. The first-order valence-electron chi connectivity index (χ1n) is 5.37. The summed E-state index contributed by atoms with van der Waals surface area (Å²) in [5.74, 6) is -0.220. The molecule has 0 aliphatic rings. The average molecular weight is 242 g/mol. The van der Waals surface area contributed by atoms with Crippen LogP contribution < -0.4 is 0 Å². The molecule has 0 radical (unpaired) electrons. The smallest absolute Gasteiger partial charge is 0.150 e. The van der Waals surface area contributed by atoms with E-state index < -0.39 is 15.9 Å². The summed E-state index contributed by atoms with van der Waals surface area (Å²) in [6, 6.07) is 7.47. The van der Waals surface area contributed by atoms with Crippen molar-refractivity contribution in [1.82, 2.24) is 0 Å². The van der Waals surface area contributed by atoms with Gasteiger partial charge in [-0.05, 0) is 17.5 Å². The molecule has 3 nitrogen and oxygen atoms in total. The molecule has 0 aliphatic carbocycles. The van der Waals surface area contributed by atoms with Crippen molar-refractivity contribution in [3.63, 3.8) is 0 Å². The standard InChI is InChI=1S/C12H18O3S/c1-3-5-10-6-4-7-11(8-10)12(13)9-16(2,14)15/h4,6-8,12-13H,3,5,9H2,1-2H3. The molecule has 0 amide bonds. The molecule has 0 bridgehead atoms. The number of benzene rings is 1. The van der Waals surface area contributed by atoms with Gasteiger partial charge in [-0.3, -0.25) is 0 Å². The Morgan fingerprint density at radius 2 is 2.06 bits per heavy atom. The third-order valence-electron chi connectivity index (χ3n) is 2.34. The largest absolute Gasteiger partial charge is 0.387 e.